The van der Waals surface area contributed by atoms with E-state index in [1.807, 2.05) is 24.1 Å². The molecule has 3 aromatic rings. The Balaban J connectivity index is 1.60. The highest BCUT2D eigenvalue weighted by atomic mass is 32.1. The molecule has 2 N–H and O–H groups in total. The Morgan fingerprint density at radius 3 is 2.78 bits per heavy atom. The van der Waals surface area contributed by atoms with Crippen LogP contribution < -0.4 is 0 Å². The molecule has 0 unspecified atom stereocenters. The van der Waals surface area contributed by atoms with Crippen LogP contribution in [0.1, 0.15) is 52.1 Å². The average molecular weight is 384 g/mol. The van der Waals surface area contributed by atoms with E-state index in [1.165, 1.54) is 36.8 Å². The lowest BCUT2D eigenvalue weighted by atomic mass is 9.94. The minimum Gasteiger partial charge on any atom is -0.478 e. The molecule has 1 aliphatic rings. The molecule has 0 aromatic carbocycles. The van der Waals surface area contributed by atoms with Crippen molar-refractivity contribution < 1.29 is 14.7 Å². The van der Waals surface area contributed by atoms with Crippen LogP contribution in [0.4, 0.5) is 0 Å². The smallest absolute Gasteiger partial charge is 0.339 e. The maximum atomic E-state index is 12.8. The van der Waals surface area contributed by atoms with Gasteiger partial charge in [-0.1, -0.05) is 19.3 Å². The lowest BCUT2D eigenvalue weighted by molar-refractivity contribution is 0.0691. The number of thiophene rings is 1. The highest BCUT2D eigenvalue weighted by Gasteiger charge is 2.24. The summed E-state index contributed by atoms with van der Waals surface area (Å²) >= 11 is 1.36. The molecule has 1 fully saturated rings. The van der Waals surface area contributed by atoms with E-state index >= 15 is 0 Å². The first-order valence-electron chi connectivity index (χ1n) is 8.99. The number of fused-ring (bicyclic) bond motifs is 1. The third kappa shape index (κ3) is 3.32. The van der Waals surface area contributed by atoms with Crippen LogP contribution in [0.2, 0.25) is 0 Å². The second-order valence-electron chi connectivity index (χ2n) is 6.83. The number of carboxylic acid groups (broad SMARTS) is 1. The monoisotopic (exact) mass is 384 g/mol. The molecule has 3 heterocycles. The number of rotatable bonds is 4. The van der Waals surface area contributed by atoms with E-state index in [4.69, 9.17) is 0 Å². The first kappa shape index (κ1) is 17.7. The van der Waals surface area contributed by atoms with E-state index in [-0.39, 0.29) is 11.5 Å². The number of aromatic carboxylic acids is 1. The third-order valence-corrected chi connectivity index (χ3v) is 6.22. The summed E-state index contributed by atoms with van der Waals surface area (Å²) in [6.45, 7) is 0. The Labute approximate surface area is 160 Å². The fourth-order valence-corrected chi connectivity index (χ4v) is 4.51. The van der Waals surface area contributed by atoms with Gasteiger partial charge in [0.25, 0.3) is 5.91 Å². The van der Waals surface area contributed by atoms with E-state index in [1.54, 1.807) is 6.20 Å². The molecule has 140 valence electrons. The summed E-state index contributed by atoms with van der Waals surface area (Å²) in [5.41, 5.74) is 1.40. The van der Waals surface area contributed by atoms with E-state index in [9.17, 15) is 14.7 Å². The van der Waals surface area contributed by atoms with Crippen molar-refractivity contribution >= 4 is 34.4 Å². The highest BCUT2D eigenvalue weighted by molar-refractivity contribution is 7.17. The number of nitrogens with zero attached hydrogens (tertiary/aromatic N) is 3. The predicted octanol–water partition coefficient (Wildman–Crippen LogP) is 3.79. The van der Waals surface area contributed by atoms with E-state index in [0.29, 0.717) is 27.8 Å². The number of nitrogens with one attached hydrogen (secondary N) is 1. The molecule has 0 aliphatic heterocycles. The molecule has 0 bridgehead atoms. The van der Waals surface area contributed by atoms with Crippen LogP contribution in [-0.2, 0) is 0 Å². The molecule has 0 radical (unpaired) electrons. The van der Waals surface area contributed by atoms with Gasteiger partial charge < -0.3 is 15.0 Å². The third-order valence-electron chi connectivity index (χ3n) is 5.12. The summed E-state index contributed by atoms with van der Waals surface area (Å²) in [7, 11) is 1.88. The Morgan fingerprint density at radius 1 is 1.26 bits per heavy atom. The minimum absolute atomic E-state index is 0.0278. The quantitative estimate of drug-likeness (QED) is 0.713. The van der Waals surface area contributed by atoms with Crippen LogP contribution in [0.25, 0.3) is 21.7 Å². The zero-order valence-electron chi connectivity index (χ0n) is 14.9. The summed E-state index contributed by atoms with van der Waals surface area (Å²) in [4.78, 5) is 39.0. The van der Waals surface area contributed by atoms with Crippen molar-refractivity contribution in [3.63, 3.8) is 0 Å². The molecule has 4 rings (SSSR count). The number of hydrogen-bond acceptors (Lipinski definition) is 5. The molecule has 1 aliphatic carbocycles. The number of carboxylic acids is 1. The molecule has 8 heteroatoms. The zero-order chi connectivity index (χ0) is 19.0. The molecule has 3 aromatic heterocycles. The summed E-state index contributed by atoms with van der Waals surface area (Å²) in [5, 5.41) is 9.26. The largest absolute Gasteiger partial charge is 0.478 e. The lowest BCUT2D eigenvalue weighted by Crippen LogP contribution is -2.37. The molecular formula is C19H20N4O3S. The van der Waals surface area contributed by atoms with Crippen molar-refractivity contribution in [2.75, 3.05) is 7.05 Å². The Morgan fingerprint density at radius 2 is 2.04 bits per heavy atom. The van der Waals surface area contributed by atoms with Crippen LogP contribution in [0.5, 0.6) is 0 Å². The number of aromatic amines is 1. The molecule has 7 nitrogen and oxygen atoms in total. The van der Waals surface area contributed by atoms with Crippen molar-refractivity contribution in [1.29, 1.82) is 0 Å². The average Bonchev–Trinajstić information content (AvgIpc) is 3.34. The summed E-state index contributed by atoms with van der Waals surface area (Å²) < 4.78 is 0. The van der Waals surface area contributed by atoms with E-state index < -0.39 is 5.97 Å². The predicted molar refractivity (Wildman–Crippen MR) is 103 cm³/mol. The van der Waals surface area contributed by atoms with E-state index in [0.717, 1.165) is 17.7 Å². The number of H-pyrrole nitrogens is 1. The molecule has 1 saturated carbocycles. The first-order chi connectivity index (χ1) is 13.0. The second kappa shape index (κ2) is 7.11. The summed E-state index contributed by atoms with van der Waals surface area (Å²) in [6.07, 6.45) is 8.71. The number of amides is 1. The van der Waals surface area contributed by atoms with Gasteiger partial charge in [-0.15, -0.1) is 11.3 Å². The van der Waals surface area contributed by atoms with Gasteiger partial charge in [-0.05, 0) is 25.0 Å². The van der Waals surface area contributed by atoms with Crippen molar-refractivity contribution in [2.24, 2.45) is 0 Å². The van der Waals surface area contributed by atoms with Crippen LogP contribution in [0, 0.1) is 0 Å². The van der Waals surface area contributed by atoms with E-state index in [2.05, 4.69) is 15.0 Å². The molecule has 1 amide bonds. The van der Waals surface area contributed by atoms with Crippen molar-refractivity contribution in [3.05, 3.63) is 35.0 Å². The van der Waals surface area contributed by atoms with Crippen molar-refractivity contribution in [2.45, 2.75) is 38.1 Å². The maximum absolute atomic E-state index is 12.8. The van der Waals surface area contributed by atoms with Crippen molar-refractivity contribution in [3.8, 4) is 10.6 Å². The zero-order valence-corrected chi connectivity index (χ0v) is 15.8. The number of hydrogen-bond donors (Lipinski definition) is 2. The van der Waals surface area contributed by atoms with Crippen LogP contribution in [-0.4, -0.2) is 49.9 Å². The Kier molecular flexibility index (Phi) is 4.65. The molecule has 0 saturated heterocycles. The molecule has 27 heavy (non-hydrogen) atoms. The fraction of sp³-hybridized carbons (Fsp3) is 0.368. The van der Waals surface area contributed by atoms with Crippen LogP contribution in [0.15, 0.2) is 24.5 Å². The number of carbonyl (C=O) groups excluding carboxylic acids is 1. The standard InChI is InChI=1S/C19H20N4O3S/c1-23(11-5-3-2-4-6-11)18(24)15-8-7-14(27-15)13-10-21-17-16(22-13)12(9-20-17)19(25)26/h7-11H,2-6H2,1H3,(H,20,21)(H,25,26). The number of carbonyl (C=O) groups is 2. The first-order valence-corrected chi connectivity index (χ1v) is 9.81. The fourth-order valence-electron chi connectivity index (χ4n) is 3.57. The number of aromatic nitrogens is 3. The van der Waals surface area contributed by atoms with Gasteiger partial charge in [0.05, 0.1) is 21.6 Å². The van der Waals surface area contributed by atoms with Crippen LogP contribution in [0.3, 0.4) is 0 Å². The van der Waals surface area contributed by atoms with Gasteiger partial charge in [0.15, 0.2) is 5.65 Å². The SMILES string of the molecule is CN(C(=O)c1ccc(-c2cnc3[nH]cc(C(=O)O)c3n2)s1)C1CCCCC1. The van der Waals surface area contributed by atoms with Crippen LogP contribution >= 0.6 is 11.3 Å². The lowest BCUT2D eigenvalue weighted by Gasteiger charge is -2.30. The normalized spacial score (nSPS) is 15.1. The molecule has 0 spiro atoms. The summed E-state index contributed by atoms with van der Waals surface area (Å²) in [6, 6.07) is 3.96. The van der Waals surface area contributed by atoms with Gasteiger partial charge in [0, 0.05) is 19.3 Å². The van der Waals surface area contributed by atoms with Crippen molar-refractivity contribution in [1.82, 2.24) is 19.9 Å². The van der Waals surface area contributed by atoms with Gasteiger partial charge >= 0.3 is 5.97 Å². The maximum Gasteiger partial charge on any atom is 0.339 e. The van der Waals surface area contributed by atoms with Gasteiger partial charge in [-0.3, -0.25) is 4.79 Å². The topological polar surface area (TPSA) is 99.2 Å². The highest BCUT2D eigenvalue weighted by Crippen LogP contribution is 2.30. The van der Waals surface area contributed by atoms with Gasteiger partial charge in [0.1, 0.15) is 11.1 Å². The Hall–Kier alpha value is -2.74. The Bertz CT molecular complexity index is 1000. The van der Waals surface area contributed by atoms with Gasteiger partial charge in [0.2, 0.25) is 0 Å². The minimum atomic E-state index is -1.05. The van der Waals surface area contributed by atoms with Gasteiger partial charge in [-0.25, -0.2) is 14.8 Å². The molecule has 0 atom stereocenters. The second-order valence-corrected chi connectivity index (χ2v) is 7.92. The van der Waals surface area contributed by atoms with Gasteiger partial charge in [-0.2, -0.15) is 0 Å². The summed E-state index contributed by atoms with van der Waals surface area (Å²) in [5.74, 6) is -1.02. The molecular weight excluding hydrogens is 364 g/mol.